The third-order valence-corrected chi connectivity index (χ3v) is 1.98. The summed E-state index contributed by atoms with van der Waals surface area (Å²) in [5, 5.41) is 2.86. The van der Waals surface area contributed by atoms with Crippen molar-refractivity contribution in [3.8, 4) is 12.3 Å². The molecule has 0 aromatic heterocycles. The van der Waals surface area contributed by atoms with Crippen molar-refractivity contribution in [1.29, 1.82) is 0 Å². The number of para-hydroxylation sites is 1. The number of amides is 1. The molecule has 0 atom stereocenters. The summed E-state index contributed by atoms with van der Waals surface area (Å²) in [5.74, 6) is 1.98. The Labute approximate surface area is 87.2 Å². The van der Waals surface area contributed by atoms with Gasteiger partial charge < -0.3 is 11.1 Å². The van der Waals surface area contributed by atoms with Gasteiger partial charge in [-0.3, -0.25) is 4.79 Å². The number of rotatable bonds is 2. The summed E-state index contributed by atoms with van der Waals surface area (Å²) in [5.41, 5.74) is 6.22. The van der Waals surface area contributed by atoms with Gasteiger partial charge in [-0.25, -0.2) is 0 Å². The fourth-order valence-corrected chi connectivity index (χ4v) is 1.14. The van der Waals surface area contributed by atoms with E-state index in [-0.39, 0.29) is 18.1 Å². The van der Waals surface area contributed by atoms with E-state index in [0.717, 1.165) is 0 Å². The van der Waals surface area contributed by atoms with Crippen molar-refractivity contribution in [3.05, 3.63) is 28.8 Å². The molecule has 1 aromatic rings. The molecule has 1 rings (SSSR count). The van der Waals surface area contributed by atoms with Gasteiger partial charge in [-0.05, 0) is 12.1 Å². The minimum Gasteiger partial charge on any atom is -0.397 e. The Bertz CT molecular complexity index is 396. The highest BCUT2D eigenvalue weighted by Gasteiger charge is 2.10. The SMILES string of the molecule is C#CCNC(=O)c1cccc(Cl)c1N. The van der Waals surface area contributed by atoms with Crippen molar-refractivity contribution in [2.45, 2.75) is 0 Å². The van der Waals surface area contributed by atoms with Crippen LogP contribution in [-0.4, -0.2) is 12.5 Å². The van der Waals surface area contributed by atoms with Crippen LogP contribution in [-0.2, 0) is 0 Å². The summed E-state index contributed by atoms with van der Waals surface area (Å²) in [7, 11) is 0. The van der Waals surface area contributed by atoms with E-state index in [1.54, 1.807) is 18.2 Å². The van der Waals surface area contributed by atoms with Gasteiger partial charge in [0.05, 0.1) is 22.8 Å². The number of nitrogens with one attached hydrogen (secondary N) is 1. The van der Waals surface area contributed by atoms with Crippen LogP contribution in [0.5, 0.6) is 0 Å². The lowest BCUT2D eigenvalue weighted by Gasteiger charge is -2.05. The number of halogens is 1. The van der Waals surface area contributed by atoms with Crippen LogP contribution in [0.25, 0.3) is 0 Å². The Kier molecular flexibility index (Phi) is 3.38. The standard InChI is InChI=1S/C10H9ClN2O/c1-2-6-13-10(14)7-4-3-5-8(11)9(7)12/h1,3-5H,6,12H2,(H,13,14). The average Bonchev–Trinajstić information content (AvgIpc) is 2.18. The largest absolute Gasteiger partial charge is 0.397 e. The topological polar surface area (TPSA) is 55.1 Å². The molecule has 1 aromatic carbocycles. The molecule has 0 bridgehead atoms. The molecule has 1 amide bonds. The van der Waals surface area contributed by atoms with Gasteiger partial charge in [0.2, 0.25) is 0 Å². The van der Waals surface area contributed by atoms with E-state index < -0.39 is 0 Å². The first-order valence-electron chi connectivity index (χ1n) is 3.92. The molecule has 0 aliphatic carbocycles. The van der Waals surface area contributed by atoms with Crippen LogP contribution >= 0.6 is 11.6 Å². The third-order valence-electron chi connectivity index (χ3n) is 1.65. The molecule has 0 aliphatic heterocycles. The summed E-state index contributed by atoms with van der Waals surface area (Å²) in [6.45, 7) is 0.171. The number of carbonyl (C=O) groups is 1. The third kappa shape index (κ3) is 2.18. The second kappa shape index (κ2) is 4.54. The van der Waals surface area contributed by atoms with Crippen LogP contribution in [0.4, 0.5) is 5.69 Å². The number of nitrogen functional groups attached to an aromatic ring is 1. The molecule has 0 heterocycles. The van der Waals surface area contributed by atoms with E-state index in [4.69, 9.17) is 23.8 Å². The van der Waals surface area contributed by atoms with Gasteiger partial charge >= 0.3 is 0 Å². The summed E-state index contributed by atoms with van der Waals surface area (Å²) >= 11 is 5.75. The van der Waals surface area contributed by atoms with E-state index >= 15 is 0 Å². The lowest BCUT2D eigenvalue weighted by Crippen LogP contribution is -2.24. The van der Waals surface area contributed by atoms with Crippen molar-refractivity contribution in [2.75, 3.05) is 12.3 Å². The second-order valence-corrected chi connectivity index (χ2v) is 3.00. The Morgan fingerprint density at radius 3 is 3.00 bits per heavy atom. The highest BCUT2D eigenvalue weighted by Crippen LogP contribution is 2.21. The summed E-state index contributed by atoms with van der Waals surface area (Å²) in [6.07, 6.45) is 5.00. The summed E-state index contributed by atoms with van der Waals surface area (Å²) in [6, 6.07) is 4.87. The van der Waals surface area contributed by atoms with Crippen LogP contribution in [0.2, 0.25) is 5.02 Å². The fraction of sp³-hybridized carbons (Fsp3) is 0.100. The molecule has 0 aliphatic rings. The number of benzene rings is 1. The number of anilines is 1. The minimum absolute atomic E-state index is 0.171. The molecule has 14 heavy (non-hydrogen) atoms. The molecule has 4 heteroatoms. The van der Waals surface area contributed by atoms with Crippen molar-refractivity contribution in [3.63, 3.8) is 0 Å². The molecule has 3 nitrogen and oxygen atoms in total. The molecular formula is C10H9ClN2O. The van der Waals surface area contributed by atoms with Gasteiger partial charge in [-0.2, -0.15) is 0 Å². The van der Waals surface area contributed by atoms with Gasteiger partial charge in [-0.1, -0.05) is 23.6 Å². The Hall–Kier alpha value is -1.66. The maximum atomic E-state index is 11.4. The van der Waals surface area contributed by atoms with E-state index in [2.05, 4.69) is 11.2 Å². The minimum atomic E-state index is -0.317. The Morgan fingerprint density at radius 1 is 1.64 bits per heavy atom. The zero-order chi connectivity index (χ0) is 10.6. The number of terminal acetylenes is 1. The van der Waals surface area contributed by atoms with Crippen LogP contribution in [0.3, 0.4) is 0 Å². The molecule has 72 valence electrons. The van der Waals surface area contributed by atoms with Gasteiger partial charge in [0.25, 0.3) is 5.91 Å². The monoisotopic (exact) mass is 208 g/mol. The van der Waals surface area contributed by atoms with Gasteiger partial charge in [0.1, 0.15) is 0 Å². The lowest BCUT2D eigenvalue weighted by atomic mass is 10.1. The molecule has 0 saturated heterocycles. The van der Waals surface area contributed by atoms with Crippen LogP contribution in [0, 0.1) is 12.3 Å². The van der Waals surface area contributed by atoms with E-state index in [1.165, 1.54) is 0 Å². The molecule has 3 N–H and O–H groups in total. The van der Waals surface area contributed by atoms with E-state index in [9.17, 15) is 4.79 Å². The first-order valence-corrected chi connectivity index (χ1v) is 4.30. The van der Waals surface area contributed by atoms with Gasteiger partial charge in [0, 0.05) is 0 Å². The van der Waals surface area contributed by atoms with Crippen molar-refractivity contribution < 1.29 is 4.79 Å². The van der Waals surface area contributed by atoms with Crippen LogP contribution < -0.4 is 11.1 Å². The molecule has 0 saturated carbocycles. The maximum Gasteiger partial charge on any atom is 0.254 e. The molecule has 0 fully saturated rings. The zero-order valence-electron chi connectivity index (χ0n) is 7.38. The number of carbonyl (C=O) groups excluding carboxylic acids is 1. The highest BCUT2D eigenvalue weighted by atomic mass is 35.5. The summed E-state index contributed by atoms with van der Waals surface area (Å²) in [4.78, 5) is 11.4. The van der Waals surface area contributed by atoms with E-state index in [1.807, 2.05) is 0 Å². The quantitative estimate of drug-likeness (QED) is 0.568. The van der Waals surface area contributed by atoms with Crippen molar-refractivity contribution in [2.24, 2.45) is 0 Å². The highest BCUT2D eigenvalue weighted by molar-refractivity contribution is 6.33. The second-order valence-electron chi connectivity index (χ2n) is 2.59. The fourth-order valence-electron chi connectivity index (χ4n) is 0.962. The predicted molar refractivity (Wildman–Crippen MR) is 57.0 cm³/mol. The normalized spacial score (nSPS) is 9.14. The number of nitrogens with two attached hydrogens (primary N) is 1. The number of hydrogen-bond donors (Lipinski definition) is 2. The van der Waals surface area contributed by atoms with Crippen molar-refractivity contribution in [1.82, 2.24) is 5.32 Å². The Morgan fingerprint density at radius 2 is 2.36 bits per heavy atom. The zero-order valence-corrected chi connectivity index (χ0v) is 8.14. The summed E-state index contributed by atoms with van der Waals surface area (Å²) < 4.78 is 0. The van der Waals surface area contributed by atoms with Gasteiger partial charge in [0.15, 0.2) is 0 Å². The first kappa shape index (κ1) is 10.4. The predicted octanol–water partition coefficient (Wildman–Crippen LogP) is 1.29. The van der Waals surface area contributed by atoms with Crippen LogP contribution in [0.15, 0.2) is 18.2 Å². The smallest absolute Gasteiger partial charge is 0.254 e. The molecule has 0 spiro atoms. The Balaban J connectivity index is 2.91. The maximum absolute atomic E-state index is 11.4. The average molecular weight is 209 g/mol. The molecule has 0 radical (unpaired) electrons. The molecule has 0 unspecified atom stereocenters. The first-order chi connectivity index (χ1) is 6.66. The van der Waals surface area contributed by atoms with Crippen LogP contribution in [0.1, 0.15) is 10.4 Å². The van der Waals surface area contributed by atoms with Gasteiger partial charge in [-0.15, -0.1) is 6.42 Å². The number of hydrogen-bond acceptors (Lipinski definition) is 2. The van der Waals surface area contributed by atoms with Crippen molar-refractivity contribution >= 4 is 23.2 Å². The van der Waals surface area contributed by atoms with E-state index in [0.29, 0.717) is 10.6 Å². The lowest BCUT2D eigenvalue weighted by molar-refractivity contribution is 0.0959. The molecular weight excluding hydrogens is 200 g/mol.